The van der Waals surface area contributed by atoms with Gasteiger partial charge >= 0.3 is 0 Å². The van der Waals surface area contributed by atoms with Crippen molar-refractivity contribution in [2.45, 2.75) is 24.9 Å². The molecule has 1 aliphatic rings. The maximum absolute atomic E-state index is 6.11. The highest BCUT2D eigenvalue weighted by atomic mass is 79.9. The summed E-state index contributed by atoms with van der Waals surface area (Å²) in [5.41, 5.74) is 3.31. The van der Waals surface area contributed by atoms with Crippen LogP contribution in [0.15, 0.2) is 22.7 Å². The minimum atomic E-state index is 0.690. The van der Waals surface area contributed by atoms with Crippen LogP contribution < -0.4 is 5.32 Å². The molecule has 3 rings (SSSR count). The molecule has 0 atom stereocenters. The quantitative estimate of drug-likeness (QED) is 0.793. The third kappa shape index (κ3) is 3.20. The predicted molar refractivity (Wildman–Crippen MR) is 94.0 cm³/mol. The lowest BCUT2D eigenvalue weighted by molar-refractivity contribution is 0.955. The van der Waals surface area contributed by atoms with E-state index in [9.17, 15) is 0 Å². The number of fused-ring (bicyclic) bond motifs is 1. The second-order valence-corrected chi connectivity index (χ2v) is 7.14. The molecule has 0 spiro atoms. The van der Waals surface area contributed by atoms with E-state index >= 15 is 0 Å². The molecule has 0 saturated heterocycles. The summed E-state index contributed by atoms with van der Waals surface area (Å²) in [6, 6.07) is 5.69. The summed E-state index contributed by atoms with van der Waals surface area (Å²) in [4.78, 5) is 9.46. The highest BCUT2D eigenvalue weighted by Crippen LogP contribution is 2.36. The Morgan fingerprint density at radius 3 is 3.00 bits per heavy atom. The Kier molecular flexibility index (Phi) is 4.72. The maximum Gasteiger partial charge on any atom is 0.163 e. The van der Waals surface area contributed by atoms with Gasteiger partial charge in [-0.3, -0.25) is 0 Å². The first-order valence-corrected chi connectivity index (χ1v) is 9.18. The molecular formula is C15H15BrClN3S. The van der Waals surface area contributed by atoms with E-state index < -0.39 is 0 Å². The summed E-state index contributed by atoms with van der Waals surface area (Å²) >= 11 is 11.6. The molecule has 0 bridgehead atoms. The molecule has 0 unspecified atom stereocenters. The zero-order valence-corrected chi connectivity index (χ0v) is 14.8. The Balaban J connectivity index is 2.08. The molecule has 1 N–H and O–H groups in total. The number of nitrogens with zero attached hydrogens (tertiary/aromatic N) is 2. The lowest BCUT2D eigenvalue weighted by Crippen LogP contribution is -2.08. The van der Waals surface area contributed by atoms with Gasteiger partial charge in [0.05, 0.1) is 5.69 Å². The van der Waals surface area contributed by atoms with Crippen molar-refractivity contribution in [2.75, 3.05) is 11.9 Å². The van der Waals surface area contributed by atoms with Gasteiger partial charge in [-0.15, -0.1) is 0 Å². The summed E-state index contributed by atoms with van der Waals surface area (Å²) < 4.78 is 0.957. The van der Waals surface area contributed by atoms with Crippen molar-refractivity contribution in [2.24, 2.45) is 0 Å². The zero-order chi connectivity index (χ0) is 14.8. The van der Waals surface area contributed by atoms with E-state index in [4.69, 9.17) is 21.6 Å². The summed E-state index contributed by atoms with van der Waals surface area (Å²) in [6.07, 6.45) is 1.07. The minimum absolute atomic E-state index is 0.690. The van der Waals surface area contributed by atoms with E-state index in [1.165, 1.54) is 5.56 Å². The first-order chi connectivity index (χ1) is 10.2. The van der Waals surface area contributed by atoms with Crippen LogP contribution in [0.5, 0.6) is 0 Å². The topological polar surface area (TPSA) is 37.8 Å². The van der Waals surface area contributed by atoms with Crippen LogP contribution in [0.4, 0.5) is 5.82 Å². The average molecular weight is 385 g/mol. The molecule has 21 heavy (non-hydrogen) atoms. The van der Waals surface area contributed by atoms with Crippen molar-refractivity contribution in [3.05, 3.63) is 39.0 Å². The number of halogens is 2. The van der Waals surface area contributed by atoms with E-state index in [1.807, 2.05) is 30.0 Å². The summed E-state index contributed by atoms with van der Waals surface area (Å²) in [5, 5.41) is 4.12. The molecule has 0 fully saturated rings. The number of hydrogen-bond acceptors (Lipinski definition) is 4. The molecule has 2 heterocycles. The van der Waals surface area contributed by atoms with Crippen molar-refractivity contribution in [3.8, 4) is 11.4 Å². The Morgan fingerprint density at radius 2 is 2.19 bits per heavy atom. The van der Waals surface area contributed by atoms with Gasteiger partial charge in [0.2, 0.25) is 0 Å². The molecular weight excluding hydrogens is 370 g/mol. The van der Waals surface area contributed by atoms with Gasteiger partial charge in [0.15, 0.2) is 5.82 Å². The molecule has 0 radical (unpaired) electrons. The third-order valence-corrected chi connectivity index (χ3v) is 5.19. The van der Waals surface area contributed by atoms with Crippen molar-refractivity contribution >= 4 is 45.1 Å². The molecule has 0 amide bonds. The largest absolute Gasteiger partial charge is 0.370 e. The van der Waals surface area contributed by atoms with E-state index in [2.05, 4.69) is 28.2 Å². The minimum Gasteiger partial charge on any atom is -0.370 e. The van der Waals surface area contributed by atoms with Crippen LogP contribution in [0.2, 0.25) is 5.02 Å². The van der Waals surface area contributed by atoms with Crippen LogP contribution >= 0.6 is 39.3 Å². The van der Waals surface area contributed by atoms with Gasteiger partial charge in [-0.05, 0) is 24.6 Å². The molecule has 2 aromatic rings. The van der Waals surface area contributed by atoms with Crippen LogP contribution in [0.3, 0.4) is 0 Å². The molecule has 6 heteroatoms. The first kappa shape index (κ1) is 15.1. The molecule has 1 aromatic heterocycles. The molecule has 1 aromatic carbocycles. The molecule has 1 aliphatic heterocycles. The van der Waals surface area contributed by atoms with Gasteiger partial charge in [-0.2, -0.15) is 11.8 Å². The number of aromatic nitrogens is 2. The number of thioether (sulfide) groups is 1. The predicted octanol–water partition coefficient (Wildman–Crippen LogP) is 5.13. The van der Waals surface area contributed by atoms with Crippen LogP contribution in [0, 0.1) is 0 Å². The molecule has 3 nitrogen and oxygen atoms in total. The van der Waals surface area contributed by atoms with Gasteiger partial charge in [0.1, 0.15) is 5.82 Å². The lowest BCUT2D eigenvalue weighted by atomic mass is 10.2. The number of anilines is 1. The van der Waals surface area contributed by atoms with Gasteiger partial charge in [-0.25, -0.2) is 9.97 Å². The average Bonchev–Trinajstić information content (AvgIpc) is 2.95. The van der Waals surface area contributed by atoms with Crippen LogP contribution in [-0.4, -0.2) is 16.5 Å². The van der Waals surface area contributed by atoms with Crippen LogP contribution in [0.1, 0.15) is 24.6 Å². The highest BCUT2D eigenvalue weighted by Gasteiger charge is 2.21. The fourth-order valence-corrected chi connectivity index (χ4v) is 3.87. The Hall–Kier alpha value is -0.780. The van der Waals surface area contributed by atoms with Crippen molar-refractivity contribution in [1.29, 1.82) is 0 Å². The number of benzene rings is 1. The van der Waals surface area contributed by atoms with Crippen LogP contribution in [-0.2, 0) is 11.5 Å². The van der Waals surface area contributed by atoms with Gasteiger partial charge in [0.25, 0.3) is 0 Å². The Bertz CT molecular complexity index is 678. The second-order valence-electron chi connectivity index (χ2n) is 4.86. The number of rotatable bonds is 4. The smallest absolute Gasteiger partial charge is 0.163 e. The standard InChI is InChI=1S/C15H15BrClN3S/c1-2-5-18-14-11-7-21-8-13(11)19-15(20-14)10-6-9(17)3-4-12(10)16/h3-4,6H,2,5,7-8H2,1H3,(H,18,19,20). The van der Waals surface area contributed by atoms with Gasteiger partial charge in [-0.1, -0.05) is 34.5 Å². The fourth-order valence-electron chi connectivity index (χ4n) is 2.23. The monoisotopic (exact) mass is 383 g/mol. The van der Waals surface area contributed by atoms with E-state index in [0.717, 1.165) is 51.8 Å². The lowest BCUT2D eigenvalue weighted by Gasteiger charge is -2.12. The van der Waals surface area contributed by atoms with Crippen molar-refractivity contribution in [3.63, 3.8) is 0 Å². The molecule has 110 valence electrons. The third-order valence-electron chi connectivity index (χ3n) is 3.29. The Labute approximate surface area is 142 Å². The number of nitrogens with one attached hydrogen (secondary N) is 1. The SMILES string of the molecule is CCCNc1nc(-c2cc(Cl)ccc2Br)nc2c1CSC2. The molecule has 0 saturated carbocycles. The summed E-state index contributed by atoms with van der Waals surface area (Å²) in [6.45, 7) is 3.07. The molecule has 0 aliphatic carbocycles. The zero-order valence-electron chi connectivity index (χ0n) is 11.6. The fraction of sp³-hybridized carbons (Fsp3) is 0.333. The van der Waals surface area contributed by atoms with Gasteiger partial charge < -0.3 is 5.32 Å². The van der Waals surface area contributed by atoms with Crippen LogP contribution in [0.25, 0.3) is 11.4 Å². The Morgan fingerprint density at radius 1 is 1.33 bits per heavy atom. The number of hydrogen-bond donors (Lipinski definition) is 1. The summed E-state index contributed by atoms with van der Waals surface area (Å²) in [5.74, 6) is 3.63. The highest BCUT2D eigenvalue weighted by molar-refractivity contribution is 9.10. The van der Waals surface area contributed by atoms with E-state index in [0.29, 0.717) is 5.02 Å². The first-order valence-electron chi connectivity index (χ1n) is 6.86. The van der Waals surface area contributed by atoms with Crippen molar-refractivity contribution < 1.29 is 0 Å². The van der Waals surface area contributed by atoms with E-state index in [-0.39, 0.29) is 0 Å². The second kappa shape index (κ2) is 6.55. The van der Waals surface area contributed by atoms with Crippen molar-refractivity contribution in [1.82, 2.24) is 9.97 Å². The summed E-state index contributed by atoms with van der Waals surface area (Å²) in [7, 11) is 0. The maximum atomic E-state index is 6.11. The van der Waals surface area contributed by atoms with E-state index in [1.54, 1.807) is 0 Å². The normalized spacial score (nSPS) is 13.3. The van der Waals surface area contributed by atoms with Gasteiger partial charge in [0, 0.05) is 38.7 Å².